The third-order valence-corrected chi connectivity index (χ3v) is 4.66. The smallest absolute Gasteiger partial charge is 0.312 e. The number of rotatable bonds is 7. The Morgan fingerprint density at radius 3 is 2.30 bits per heavy atom. The molecule has 0 spiro atoms. The minimum Gasteiger partial charge on any atom is -0.469 e. The zero-order valence-corrected chi connectivity index (χ0v) is 17.2. The molecule has 3 rings (SSSR count). The lowest BCUT2D eigenvalue weighted by molar-refractivity contribution is -0.144. The Kier molecular flexibility index (Phi) is 6.96. The predicted octanol–water partition coefficient (Wildman–Crippen LogP) is 5.89. The fraction of sp³-hybridized carbons (Fsp3) is 0.200. The molecule has 0 fully saturated rings. The van der Waals surface area contributed by atoms with E-state index in [1.165, 1.54) is 19.2 Å². The lowest BCUT2D eigenvalue weighted by atomic mass is 9.90. The highest BCUT2D eigenvalue weighted by molar-refractivity contribution is 5.83. The first-order valence-electron chi connectivity index (χ1n) is 9.74. The number of hydrogen-bond acceptors (Lipinski definition) is 4. The zero-order valence-electron chi connectivity index (χ0n) is 17.2. The van der Waals surface area contributed by atoms with Crippen LogP contribution in [-0.2, 0) is 9.53 Å². The van der Waals surface area contributed by atoms with Crippen LogP contribution in [0.15, 0.2) is 78.9 Å². The summed E-state index contributed by atoms with van der Waals surface area (Å²) in [5.74, 6) is -0.0379. The Morgan fingerprint density at radius 2 is 1.67 bits per heavy atom. The third-order valence-electron chi connectivity index (χ3n) is 4.66. The summed E-state index contributed by atoms with van der Waals surface area (Å²) in [4.78, 5) is 17.0. The van der Waals surface area contributed by atoms with Crippen molar-refractivity contribution >= 4 is 11.5 Å². The molecular formula is C25H24FNO3. The molecule has 1 aromatic heterocycles. The molecule has 0 aliphatic rings. The normalized spacial score (nSPS) is 12.5. The van der Waals surface area contributed by atoms with Crippen molar-refractivity contribution in [3.05, 3.63) is 95.9 Å². The van der Waals surface area contributed by atoms with Crippen molar-refractivity contribution in [2.24, 2.45) is 11.8 Å². The van der Waals surface area contributed by atoms with Gasteiger partial charge < -0.3 is 9.47 Å². The Morgan fingerprint density at radius 1 is 0.967 bits per heavy atom. The molecule has 2 aromatic carbocycles. The van der Waals surface area contributed by atoms with Crippen LogP contribution in [-0.4, -0.2) is 18.1 Å². The highest BCUT2D eigenvalue weighted by Gasteiger charge is 2.23. The first kappa shape index (κ1) is 21.2. The number of para-hydroxylation sites is 1. The molecule has 0 aliphatic carbocycles. The van der Waals surface area contributed by atoms with E-state index in [-0.39, 0.29) is 17.7 Å². The first-order valence-corrected chi connectivity index (χ1v) is 9.74. The number of halogens is 1. The Hall–Kier alpha value is -3.47. The lowest BCUT2D eigenvalue weighted by Gasteiger charge is -2.17. The van der Waals surface area contributed by atoms with E-state index in [0.29, 0.717) is 22.9 Å². The molecule has 4 nitrogen and oxygen atoms in total. The van der Waals surface area contributed by atoms with Crippen LogP contribution in [0.5, 0.6) is 11.6 Å². The summed E-state index contributed by atoms with van der Waals surface area (Å²) < 4.78 is 24.3. The van der Waals surface area contributed by atoms with E-state index in [1.54, 1.807) is 18.2 Å². The molecule has 1 unspecified atom stereocenters. The van der Waals surface area contributed by atoms with Crippen LogP contribution in [0.1, 0.15) is 25.1 Å². The van der Waals surface area contributed by atoms with Gasteiger partial charge in [0.05, 0.1) is 18.7 Å². The highest BCUT2D eigenvalue weighted by Crippen LogP contribution is 2.29. The molecule has 5 heteroatoms. The van der Waals surface area contributed by atoms with E-state index < -0.39 is 5.92 Å². The second-order valence-electron chi connectivity index (χ2n) is 7.16. The van der Waals surface area contributed by atoms with Gasteiger partial charge >= 0.3 is 5.97 Å². The third kappa shape index (κ3) is 5.32. The number of ether oxygens (including phenoxy) is 2. The zero-order chi connectivity index (χ0) is 21.5. The van der Waals surface area contributed by atoms with Crippen molar-refractivity contribution in [3.63, 3.8) is 0 Å². The molecule has 0 radical (unpaired) electrons. The van der Waals surface area contributed by atoms with E-state index in [4.69, 9.17) is 9.47 Å². The van der Waals surface area contributed by atoms with Crippen molar-refractivity contribution in [1.82, 2.24) is 4.98 Å². The van der Waals surface area contributed by atoms with Crippen LogP contribution in [0.25, 0.3) is 5.57 Å². The largest absolute Gasteiger partial charge is 0.469 e. The fourth-order valence-electron chi connectivity index (χ4n) is 3.04. The fourth-order valence-corrected chi connectivity index (χ4v) is 3.04. The molecular weight excluding hydrogens is 381 g/mol. The molecule has 1 heterocycles. The van der Waals surface area contributed by atoms with Crippen molar-refractivity contribution < 1.29 is 18.7 Å². The van der Waals surface area contributed by atoms with Gasteiger partial charge in [0, 0.05) is 11.6 Å². The maximum Gasteiger partial charge on any atom is 0.312 e. The van der Waals surface area contributed by atoms with E-state index in [2.05, 4.69) is 4.98 Å². The molecule has 0 aliphatic heterocycles. The van der Waals surface area contributed by atoms with E-state index in [0.717, 1.165) is 5.56 Å². The summed E-state index contributed by atoms with van der Waals surface area (Å²) in [6, 6.07) is 20.9. The second-order valence-corrected chi connectivity index (χ2v) is 7.16. The summed E-state index contributed by atoms with van der Waals surface area (Å²) in [6.45, 7) is 3.89. The van der Waals surface area contributed by atoms with Gasteiger partial charge in [-0.3, -0.25) is 4.79 Å². The molecule has 0 saturated carbocycles. The van der Waals surface area contributed by atoms with Crippen LogP contribution in [0.4, 0.5) is 4.39 Å². The number of nitrogens with zero attached hydrogens (tertiary/aromatic N) is 1. The SMILES string of the molecule is COC(=O)C(C=C(c1ccc(F)cc1)c1cccc(Oc2ccccc2)n1)C(C)C. The molecule has 0 bridgehead atoms. The quantitative estimate of drug-likeness (QED) is 0.460. The lowest BCUT2D eigenvalue weighted by Crippen LogP contribution is -2.20. The maximum atomic E-state index is 13.5. The van der Waals surface area contributed by atoms with Crippen molar-refractivity contribution in [3.8, 4) is 11.6 Å². The monoisotopic (exact) mass is 405 g/mol. The first-order chi connectivity index (χ1) is 14.5. The number of carbonyl (C=O) groups excluding carboxylic acids is 1. The van der Waals surface area contributed by atoms with Crippen molar-refractivity contribution in [2.75, 3.05) is 7.11 Å². The summed E-state index contributed by atoms with van der Waals surface area (Å²) in [6.07, 6.45) is 1.83. The molecule has 0 amide bonds. The van der Waals surface area contributed by atoms with Gasteiger partial charge in [0.1, 0.15) is 11.6 Å². The Labute approximate surface area is 176 Å². The van der Waals surface area contributed by atoms with Gasteiger partial charge in [0.2, 0.25) is 5.88 Å². The Balaban J connectivity index is 2.06. The molecule has 154 valence electrons. The number of methoxy groups -OCH3 is 1. The summed E-state index contributed by atoms with van der Waals surface area (Å²) >= 11 is 0. The molecule has 30 heavy (non-hydrogen) atoms. The van der Waals surface area contributed by atoms with Gasteiger partial charge in [-0.25, -0.2) is 9.37 Å². The predicted molar refractivity (Wildman–Crippen MR) is 115 cm³/mol. The standard InChI is InChI=1S/C25H24FNO3/c1-17(2)21(25(28)29-3)16-22(18-12-14-19(26)15-13-18)23-10-7-11-24(27-23)30-20-8-5-4-6-9-20/h4-17,21H,1-3H3. The summed E-state index contributed by atoms with van der Waals surface area (Å²) in [5.41, 5.74) is 2.07. The van der Waals surface area contributed by atoms with Gasteiger partial charge in [-0.1, -0.05) is 56.3 Å². The average molecular weight is 405 g/mol. The number of hydrogen-bond donors (Lipinski definition) is 0. The van der Waals surface area contributed by atoms with Gasteiger partial charge in [-0.2, -0.15) is 0 Å². The minimum atomic E-state index is -0.476. The number of carbonyl (C=O) groups is 1. The van der Waals surface area contributed by atoms with Crippen molar-refractivity contribution in [1.29, 1.82) is 0 Å². The average Bonchev–Trinajstić information content (AvgIpc) is 2.75. The van der Waals surface area contributed by atoms with Crippen LogP contribution in [0.2, 0.25) is 0 Å². The van der Waals surface area contributed by atoms with Crippen LogP contribution in [0, 0.1) is 17.7 Å². The maximum absolute atomic E-state index is 13.5. The summed E-state index contributed by atoms with van der Waals surface area (Å²) in [7, 11) is 1.37. The topological polar surface area (TPSA) is 48.4 Å². The van der Waals surface area contributed by atoms with Gasteiger partial charge in [0.25, 0.3) is 0 Å². The van der Waals surface area contributed by atoms with Gasteiger partial charge in [-0.15, -0.1) is 0 Å². The summed E-state index contributed by atoms with van der Waals surface area (Å²) in [5, 5.41) is 0. The second kappa shape index (κ2) is 9.83. The number of aromatic nitrogens is 1. The van der Waals surface area contributed by atoms with E-state index >= 15 is 0 Å². The molecule has 0 saturated heterocycles. The number of esters is 1. The van der Waals surface area contributed by atoms with Crippen LogP contribution in [0.3, 0.4) is 0 Å². The van der Waals surface area contributed by atoms with Crippen LogP contribution >= 0.6 is 0 Å². The van der Waals surface area contributed by atoms with Crippen LogP contribution < -0.4 is 4.74 Å². The van der Waals surface area contributed by atoms with Crippen molar-refractivity contribution in [2.45, 2.75) is 13.8 Å². The van der Waals surface area contributed by atoms with Gasteiger partial charge in [-0.05, 0) is 41.8 Å². The Bertz CT molecular complexity index is 1010. The minimum absolute atomic E-state index is 0.0108. The van der Waals surface area contributed by atoms with E-state index in [1.807, 2.05) is 62.4 Å². The van der Waals surface area contributed by atoms with E-state index in [9.17, 15) is 9.18 Å². The molecule has 0 N–H and O–H groups in total. The highest BCUT2D eigenvalue weighted by atomic mass is 19.1. The molecule has 3 aromatic rings. The number of benzene rings is 2. The van der Waals surface area contributed by atoms with Gasteiger partial charge in [0.15, 0.2) is 0 Å². The number of pyridine rings is 1. The molecule has 1 atom stereocenters.